The first kappa shape index (κ1) is 12.1. The molecule has 4 rings (SSSR count). The van der Waals surface area contributed by atoms with Crippen molar-refractivity contribution >= 4 is 17.6 Å². The lowest BCUT2D eigenvalue weighted by molar-refractivity contribution is 0.626. The fraction of sp³-hybridized carbons (Fsp3) is 0.538. The zero-order valence-electron chi connectivity index (χ0n) is 11.3. The summed E-state index contributed by atoms with van der Waals surface area (Å²) in [6.45, 7) is 0. The molecular formula is C13H16N6S. The number of hydrogen-bond donors (Lipinski definition) is 1. The van der Waals surface area contributed by atoms with Gasteiger partial charge in [0.05, 0.1) is 12.4 Å². The van der Waals surface area contributed by atoms with Gasteiger partial charge >= 0.3 is 0 Å². The molecule has 0 radical (unpaired) electrons. The molecule has 0 atom stereocenters. The van der Waals surface area contributed by atoms with Gasteiger partial charge in [-0.25, -0.2) is 4.98 Å². The van der Waals surface area contributed by atoms with Crippen LogP contribution in [0.4, 0.5) is 5.82 Å². The zero-order chi connectivity index (χ0) is 13.5. The smallest absolute Gasteiger partial charge is 0.197 e. The highest BCUT2D eigenvalue weighted by Gasteiger charge is 2.36. The van der Waals surface area contributed by atoms with Crippen LogP contribution in [-0.4, -0.2) is 31.8 Å². The zero-order valence-corrected chi connectivity index (χ0v) is 12.1. The first-order valence-corrected chi connectivity index (χ1v) is 7.79. The molecule has 2 fully saturated rings. The summed E-state index contributed by atoms with van der Waals surface area (Å²) in [4.78, 5) is 8.68. The number of aromatic nitrogens is 5. The maximum Gasteiger partial charge on any atom is 0.197 e. The van der Waals surface area contributed by atoms with Crippen LogP contribution >= 0.6 is 11.8 Å². The number of anilines is 1. The first-order valence-electron chi connectivity index (χ1n) is 6.97. The number of nitrogens with zero attached hydrogens (tertiary/aromatic N) is 5. The molecule has 7 heteroatoms. The Hall–Kier alpha value is -1.63. The molecule has 2 heterocycles. The lowest BCUT2D eigenvalue weighted by atomic mass is 10.4. The standard InChI is InChI=1S/C13H16N6S/c1-14-10-6-15-7-11(16-10)20-13-18-17-12(8-2-3-8)19(13)9-4-5-9/h6-9H,2-5H2,1H3,(H,14,16). The van der Waals surface area contributed by atoms with Crippen molar-refractivity contribution in [3.63, 3.8) is 0 Å². The van der Waals surface area contributed by atoms with Gasteiger partial charge in [-0.1, -0.05) is 0 Å². The van der Waals surface area contributed by atoms with E-state index in [2.05, 4.69) is 30.0 Å². The van der Waals surface area contributed by atoms with Gasteiger partial charge in [0.1, 0.15) is 16.7 Å². The van der Waals surface area contributed by atoms with Gasteiger partial charge in [-0.3, -0.25) is 4.98 Å². The van der Waals surface area contributed by atoms with E-state index in [9.17, 15) is 0 Å². The van der Waals surface area contributed by atoms with Crippen LogP contribution in [0.15, 0.2) is 22.6 Å². The summed E-state index contributed by atoms with van der Waals surface area (Å²) in [6, 6.07) is 0.601. The minimum Gasteiger partial charge on any atom is -0.372 e. The molecule has 104 valence electrons. The molecule has 0 amide bonds. The van der Waals surface area contributed by atoms with E-state index in [0.29, 0.717) is 12.0 Å². The highest BCUT2D eigenvalue weighted by Crippen LogP contribution is 2.46. The summed E-state index contributed by atoms with van der Waals surface area (Å²) < 4.78 is 2.33. The van der Waals surface area contributed by atoms with Gasteiger partial charge in [-0.15, -0.1) is 10.2 Å². The van der Waals surface area contributed by atoms with Crippen LogP contribution in [0.3, 0.4) is 0 Å². The average molecular weight is 288 g/mol. The molecule has 0 aliphatic heterocycles. The summed E-state index contributed by atoms with van der Waals surface area (Å²) in [5.41, 5.74) is 0. The Labute approximate surface area is 121 Å². The largest absolute Gasteiger partial charge is 0.372 e. The van der Waals surface area contributed by atoms with Gasteiger partial charge < -0.3 is 9.88 Å². The van der Waals surface area contributed by atoms with Crippen molar-refractivity contribution in [2.75, 3.05) is 12.4 Å². The Morgan fingerprint density at radius 3 is 2.75 bits per heavy atom. The van der Waals surface area contributed by atoms with Gasteiger partial charge in [0, 0.05) is 19.0 Å². The second-order valence-corrected chi connectivity index (χ2v) is 6.30. The van der Waals surface area contributed by atoms with Crippen molar-refractivity contribution < 1.29 is 0 Å². The van der Waals surface area contributed by atoms with Crippen LogP contribution in [0.1, 0.15) is 43.5 Å². The van der Waals surface area contributed by atoms with Crippen molar-refractivity contribution in [2.45, 2.75) is 47.8 Å². The van der Waals surface area contributed by atoms with E-state index in [1.165, 1.54) is 31.5 Å². The minimum absolute atomic E-state index is 0.601. The number of hydrogen-bond acceptors (Lipinski definition) is 6. The molecule has 0 spiro atoms. The monoisotopic (exact) mass is 288 g/mol. The molecule has 1 N–H and O–H groups in total. The van der Waals surface area contributed by atoms with Crippen molar-refractivity contribution in [1.29, 1.82) is 0 Å². The minimum atomic E-state index is 0.601. The van der Waals surface area contributed by atoms with Gasteiger partial charge in [0.25, 0.3) is 0 Å². The molecule has 6 nitrogen and oxygen atoms in total. The highest BCUT2D eigenvalue weighted by atomic mass is 32.2. The summed E-state index contributed by atoms with van der Waals surface area (Å²) in [5, 5.41) is 13.6. The van der Waals surface area contributed by atoms with Crippen molar-refractivity contribution in [1.82, 2.24) is 24.7 Å². The predicted octanol–water partition coefficient (Wildman–Crippen LogP) is 2.47. The van der Waals surface area contributed by atoms with E-state index in [1.54, 1.807) is 24.2 Å². The van der Waals surface area contributed by atoms with E-state index in [4.69, 9.17) is 0 Å². The summed E-state index contributed by atoms with van der Waals surface area (Å²) in [5.74, 6) is 2.58. The first-order chi connectivity index (χ1) is 9.85. The molecular weight excluding hydrogens is 272 g/mol. The third-order valence-corrected chi connectivity index (χ3v) is 4.48. The molecule has 0 unspecified atom stereocenters. The Balaban J connectivity index is 1.64. The molecule has 2 aliphatic rings. The van der Waals surface area contributed by atoms with E-state index >= 15 is 0 Å². The summed E-state index contributed by atoms with van der Waals surface area (Å²) in [6.07, 6.45) is 8.48. The lowest BCUT2D eigenvalue weighted by Gasteiger charge is -2.07. The van der Waals surface area contributed by atoms with Gasteiger partial charge in [0.15, 0.2) is 5.16 Å². The van der Waals surface area contributed by atoms with Crippen molar-refractivity contribution in [2.24, 2.45) is 0 Å². The summed E-state index contributed by atoms with van der Waals surface area (Å²) in [7, 11) is 1.84. The third-order valence-electron chi connectivity index (χ3n) is 3.61. The fourth-order valence-corrected chi connectivity index (χ4v) is 3.13. The van der Waals surface area contributed by atoms with Crippen LogP contribution in [0, 0.1) is 0 Å². The van der Waals surface area contributed by atoms with Crippen LogP contribution in [-0.2, 0) is 0 Å². The molecule has 0 aromatic carbocycles. The second kappa shape index (κ2) is 4.73. The Kier molecular flexibility index (Phi) is 2.87. The summed E-state index contributed by atoms with van der Waals surface area (Å²) >= 11 is 1.55. The third kappa shape index (κ3) is 2.26. The second-order valence-electron chi connectivity index (χ2n) is 5.31. The Bertz CT molecular complexity index is 632. The van der Waals surface area contributed by atoms with E-state index in [1.807, 2.05) is 7.05 Å². The Morgan fingerprint density at radius 2 is 2.05 bits per heavy atom. The lowest BCUT2D eigenvalue weighted by Crippen LogP contribution is -2.02. The van der Waals surface area contributed by atoms with Crippen molar-refractivity contribution in [3.05, 3.63) is 18.2 Å². The normalized spacial score (nSPS) is 18.2. The van der Waals surface area contributed by atoms with E-state index in [0.717, 1.165) is 16.0 Å². The SMILES string of the molecule is CNc1cncc(Sc2nnc(C3CC3)n2C2CC2)n1. The van der Waals surface area contributed by atoms with Gasteiger partial charge in [-0.2, -0.15) is 0 Å². The molecule has 2 aliphatic carbocycles. The topological polar surface area (TPSA) is 68.5 Å². The highest BCUT2D eigenvalue weighted by molar-refractivity contribution is 7.99. The number of nitrogens with one attached hydrogen (secondary N) is 1. The van der Waals surface area contributed by atoms with Crippen LogP contribution in [0.5, 0.6) is 0 Å². The Morgan fingerprint density at radius 1 is 1.20 bits per heavy atom. The van der Waals surface area contributed by atoms with Crippen LogP contribution in [0.2, 0.25) is 0 Å². The van der Waals surface area contributed by atoms with E-state index in [-0.39, 0.29) is 0 Å². The fourth-order valence-electron chi connectivity index (χ4n) is 2.27. The van der Waals surface area contributed by atoms with Crippen LogP contribution < -0.4 is 5.32 Å². The molecule has 2 saturated carbocycles. The predicted molar refractivity (Wildman–Crippen MR) is 76.0 cm³/mol. The maximum absolute atomic E-state index is 4.49. The van der Waals surface area contributed by atoms with Crippen LogP contribution in [0.25, 0.3) is 0 Å². The molecule has 20 heavy (non-hydrogen) atoms. The van der Waals surface area contributed by atoms with Gasteiger partial charge in [-0.05, 0) is 37.4 Å². The quantitative estimate of drug-likeness (QED) is 0.911. The molecule has 0 saturated heterocycles. The maximum atomic E-state index is 4.49. The molecule has 2 aromatic rings. The van der Waals surface area contributed by atoms with Crippen molar-refractivity contribution in [3.8, 4) is 0 Å². The number of rotatable bonds is 5. The van der Waals surface area contributed by atoms with E-state index < -0.39 is 0 Å². The van der Waals surface area contributed by atoms with Gasteiger partial charge in [0.2, 0.25) is 0 Å². The average Bonchev–Trinajstić information content (AvgIpc) is 3.38. The molecule has 2 aromatic heterocycles. The molecule has 0 bridgehead atoms.